The molecule has 0 saturated carbocycles. The summed E-state index contributed by atoms with van der Waals surface area (Å²) in [5, 5.41) is 5.78. The normalized spacial score (nSPS) is 12.9. The average molecular weight is 407 g/mol. The van der Waals surface area contributed by atoms with Crippen LogP contribution in [0.25, 0.3) is 0 Å². The van der Waals surface area contributed by atoms with Gasteiger partial charge < -0.3 is 19.8 Å². The molecule has 0 bridgehead atoms. The number of esters is 1. The van der Waals surface area contributed by atoms with Crippen molar-refractivity contribution in [2.75, 3.05) is 0 Å². The molecule has 0 aliphatic rings. The van der Waals surface area contributed by atoms with Gasteiger partial charge >= 0.3 is 5.97 Å². The monoisotopic (exact) mass is 406 g/mol. The Balaban J connectivity index is 1.91. The molecule has 0 unspecified atom stereocenters. The van der Waals surface area contributed by atoms with Crippen LogP contribution in [-0.2, 0) is 20.9 Å². The molecule has 0 fully saturated rings. The Bertz CT molecular complexity index is 820. The lowest BCUT2D eigenvalue weighted by Gasteiger charge is -2.22. The Morgan fingerprint density at radius 2 is 1.82 bits per heavy atom. The first-order valence-corrected chi connectivity index (χ1v) is 9.23. The summed E-state index contributed by atoms with van der Waals surface area (Å²) in [7, 11) is 0. The van der Waals surface area contributed by atoms with Crippen molar-refractivity contribution in [2.24, 2.45) is 5.92 Å². The number of amides is 2. The van der Waals surface area contributed by atoms with Gasteiger partial charge in [-0.3, -0.25) is 9.59 Å². The molecule has 2 N–H and O–H groups in total. The zero-order valence-electron chi connectivity index (χ0n) is 15.9. The summed E-state index contributed by atoms with van der Waals surface area (Å²) in [6.07, 6.45) is 0.333. The predicted octanol–water partition coefficient (Wildman–Crippen LogP) is 2.94. The van der Waals surface area contributed by atoms with Crippen LogP contribution >= 0.6 is 11.6 Å². The van der Waals surface area contributed by atoms with Gasteiger partial charge in [0.2, 0.25) is 0 Å². The Morgan fingerprint density at radius 3 is 2.43 bits per heavy atom. The summed E-state index contributed by atoms with van der Waals surface area (Å²) >= 11 is 6.05. The molecule has 1 aromatic carbocycles. The summed E-state index contributed by atoms with van der Waals surface area (Å²) in [5.74, 6) is -1.85. The molecular weight excluding hydrogens is 384 g/mol. The Hall–Kier alpha value is -2.80. The summed E-state index contributed by atoms with van der Waals surface area (Å²) in [6.45, 7) is 5.20. The first kappa shape index (κ1) is 21.5. The minimum Gasteiger partial charge on any atom is -0.459 e. The molecule has 1 heterocycles. The second-order valence-corrected chi connectivity index (χ2v) is 6.97. The van der Waals surface area contributed by atoms with Crippen LogP contribution in [0.15, 0.2) is 47.1 Å². The van der Waals surface area contributed by atoms with Crippen molar-refractivity contribution in [1.82, 2.24) is 10.6 Å². The maximum Gasteiger partial charge on any atom is 0.329 e. The number of rotatable bonds is 8. The van der Waals surface area contributed by atoms with Crippen molar-refractivity contribution in [2.45, 2.75) is 39.5 Å². The Morgan fingerprint density at radius 1 is 1.11 bits per heavy atom. The number of carbonyl (C=O) groups is 3. The minimum atomic E-state index is -1.03. The van der Waals surface area contributed by atoms with Gasteiger partial charge in [-0.1, -0.05) is 43.6 Å². The van der Waals surface area contributed by atoms with Gasteiger partial charge in [0.15, 0.2) is 11.9 Å². The SMILES string of the molecule is CC(C)[C@H](NC(=O)c1ccco1)C(=O)O[C@H](C)C(=O)NCc1ccccc1Cl. The van der Waals surface area contributed by atoms with Crippen molar-refractivity contribution in [1.29, 1.82) is 0 Å². The number of halogens is 1. The van der Waals surface area contributed by atoms with E-state index in [1.165, 1.54) is 19.3 Å². The van der Waals surface area contributed by atoms with Crippen molar-refractivity contribution in [3.8, 4) is 0 Å². The molecule has 0 radical (unpaired) electrons. The fourth-order valence-corrected chi connectivity index (χ4v) is 2.59. The van der Waals surface area contributed by atoms with Crippen molar-refractivity contribution < 1.29 is 23.5 Å². The van der Waals surface area contributed by atoms with Gasteiger partial charge in [0.25, 0.3) is 11.8 Å². The Kier molecular flexibility index (Phi) is 7.63. The number of hydrogen-bond acceptors (Lipinski definition) is 5. The van der Waals surface area contributed by atoms with Crippen LogP contribution in [-0.4, -0.2) is 29.9 Å². The molecule has 8 heteroatoms. The van der Waals surface area contributed by atoms with E-state index >= 15 is 0 Å². The molecular formula is C20H23ClN2O5. The molecule has 0 saturated heterocycles. The van der Waals surface area contributed by atoms with E-state index in [-0.39, 0.29) is 18.2 Å². The van der Waals surface area contributed by atoms with Gasteiger partial charge in [0.1, 0.15) is 6.04 Å². The summed E-state index contributed by atoms with van der Waals surface area (Å²) in [5.41, 5.74) is 0.752. The second-order valence-electron chi connectivity index (χ2n) is 6.56. The Labute approximate surface area is 168 Å². The zero-order chi connectivity index (χ0) is 20.7. The number of nitrogens with one attached hydrogen (secondary N) is 2. The topological polar surface area (TPSA) is 97.6 Å². The van der Waals surface area contributed by atoms with E-state index in [4.69, 9.17) is 20.8 Å². The summed E-state index contributed by atoms with van der Waals surface area (Å²) < 4.78 is 10.3. The van der Waals surface area contributed by atoms with E-state index < -0.39 is 29.9 Å². The van der Waals surface area contributed by atoms with Crippen molar-refractivity contribution >= 4 is 29.4 Å². The van der Waals surface area contributed by atoms with Crippen LogP contribution in [0, 0.1) is 5.92 Å². The van der Waals surface area contributed by atoms with E-state index in [1.807, 2.05) is 6.07 Å². The van der Waals surface area contributed by atoms with Gasteiger partial charge in [0, 0.05) is 11.6 Å². The summed E-state index contributed by atoms with van der Waals surface area (Å²) in [4.78, 5) is 36.8. The first-order valence-electron chi connectivity index (χ1n) is 8.85. The molecule has 150 valence electrons. The highest BCUT2D eigenvalue weighted by molar-refractivity contribution is 6.31. The lowest BCUT2D eigenvalue weighted by molar-refractivity contribution is -0.157. The highest BCUT2D eigenvalue weighted by atomic mass is 35.5. The molecule has 2 amide bonds. The molecule has 1 aromatic heterocycles. The van der Waals surface area contributed by atoms with Crippen LogP contribution < -0.4 is 10.6 Å². The van der Waals surface area contributed by atoms with Crippen LogP contribution in [0.4, 0.5) is 0 Å². The molecule has 7 nitrogen and oxygen atoms in total. The van der Waals surface area contributed by atoms with Gasteiger partial charge in [-0.05, 0) is 36.6 Å². The smallest absolute Gasteiger partial charge is 0.329 e. The van der Waals surface area contributed by atoms with Crippen LogP contribution in [0.1, 0.15) is 36.9 Å². The largest absolute Gasteiger partial charge is 0.459 e. The van der Waals surface area contributed by atoms with E-state index in [1.54, 1.807) is 38.1 Å². The fraction of sp³-hybridized carbons (Fsp3) is 0.350. The molecule has 2 atom stereocenters. The van der Waals surface area contributed by atoms with Gasteiger partial charge in [0.05, 0.1) is 6.26 Å². The quantitative estimate of drug-likeness (QED) is 0.657. The maximum absolute atomic E-state index is 12.5. The third-order valence-corrected chi connectivity index (χ3v) is 4.39. The van der Waals surface area contributed by atoms with Crippen LogP contribution in [0.3, 0.4) is 0 Å². The molecule has 0 spiro atoms. The van der Waals surface area contributed by atoms with E-state index in [9.17, 15) is 14.4 Å². The molecule has 28 heavy (non-hydrogen) atoms. The third-order valence-electron chi connectivity index (χ3n) is 4.03. The van der Waals surface area contributed by atoms with Crippen LogP contribution in [0.2, 0.25) is 5.02 Å². The lowest BCUT2D eigenvalue weighted by Crippen LogP contribution is -2.47. The molecule has 0 aliphatic carbocycles. The fourth-order valence-electron chi connectivity index (χ4n) is 2.39. The number of benzene rings is 1. The van der Waals surface area contributed by atoms with Crippen molar-refractivity contribution in [3.63, 3.8) is 0 Å². The predicted molar refractivity (Wildman–Crippen MR) is 104 cm³/mol. The molecule has 2 aromatic rings. The number of carbonyl (C=O) groups excluding carboxylic acids is 3. The standard InChI is InChI=1S/C20H23ClN2O5/c1-12(2)17(23-19(25)16-9-6-10-27-16)20(26)28-13(3)18(24)22-11-14-7-4-5-8-15(14)21/h4-10,12-13,17H,11H2,1-3H3,(H,22,24)(H,23,25)/t13-,17+/m1/s1. The first-order chi connectivity index (χ1) is 13.3. The minimum absolute atomic E-state index is 0.0870. The third kappa shape index (κ3) is 5.85. The molecule has 0 aliphatic heterocycles. The molecule has 2 rings (SSSR count). The number of furan rings is 1. The van der Waals surface area contributed by atoms with E-state index in [0.717, 1.165) is 5.56 Å². The van der Waals surface area contributed by atoms with Gasteiger partial charge in [-0.2, -0.15) is 0 Å². The van der Waals surface area contributed by atoms with Crippen LogP contribution in [0.5, 0.6) is 0 Å². The highest BCUT2D eigenvalue weighted by Crippen LogP contribution is 2.14. The summed E-state index contributed by atoms with van der Waals surface area (Å²) in [6, 6.07) is 9.26. The highest BCUT2D eigenvalue weighted by Gasteiger charge is 2.29. The van der Waals surface area contributed by atoms with Gasteiger partial charge in [-0.15, -0.1) is 0 Å². The lowest BCUT2D eigenvalue weighted by atomic mass is 10.0. The average Bonchev–Trinajstić information content (AvgIpc) is 3.19. The maximum atomic E-state index is 12.5. The van der Waals surface area contributed by atoms with Crippen molar-refractivity contribution in [3.05, 3.63) is 59.0 Å². The zero-order valence-corrected chi connectivity index (χ0v) is 16.7. The van der Waals surface area contributed by atoms with Gasteiger partial charge in [-0.25, -0.2) is 4.79 Å². The number of ether oxygens (including phenoxy) is 1. The number of hydrogen-bond donors (Lipinski definition) is 2. The van der Waals surface area contributed by atoms with E-state index in [0.29, 0.717) is 5.02 Å². The van der Waals surface area contributed by atoms with E-state index in [2.05, 4.69) is 10.6 Å². The second kappa shape index (κ2) is 9.94.